The monoisotopic (exact) mass is 362 g/mol. The van der Waals surface area contributed by atoms with Gasteiger partial charge >= 0.3 is 0 Å². The van der Waals surface area contributed by atoms with Crippen LogP contribution in [0.2, 0.25) is 0 Å². The Morgan fingerprint density at radius 1 is 1.15 bits per heavy atom. The molecule has 1 fully saturated rings. The van der Waals surface area contributed by atoms with Crippen molar-refractivity contribution >= 4 is 16.8 Å². The summed E-state index contributed by atoms with van der Waals surface area (Å²) in [7, 11) is 0. The molecule has 1 aliphatic heterocycles. The van der Waals surface area contributed by atoms with Crippen LogP contribution in [-0.4, -0.2) is 50.9 Å². The standard InChI is InChI=1S/C22H26N4O/c1-17-13-25(21-9-4-3-8-20(17)21)16-22(27)26-12-11-24(14-18(26)2)15-19-7-5-6-10-23-19/h3-10,13,18H,11-12,14-16H2,1-2H3. The third-order valence-electron chi connectivity index (χ3n) is 5.44. The number of para-hydroxylation sites is 1. The van der Waals surface area contributed by atoms with Crippen LogP contribution in [0.15, 0.2) is 54.9 Å². The Balaban J connectivity index is 1.41. The van der Waals surface area contributed by atoms with Crippen molar-refractivity contribution in [3.8, 4) is 0 Å². The zero-order valence-electron chi connectivity index (χ0n) is 16.0. The van der Waals surface area contributed by atoms with Crippen LogP contribution in [0, 0.1) is 6.92 Å². The van der Waals surface area contributed by atoms with Crippen molar-refractivity contribution in [2.75, 3.05) is 19.6 Å². The van der Waals surface area contributed by atoms with Crippen molar-refractivity contribution in [2.24, 2.45) is 0 Å². The molecule has 3 aromatic rings. The second kappa shape index (κ2) is 7.53. The van der Waals surface area contributed by atoms with Gasteiger partial charge in [-0.3, -0.25) is 14.7 Å². The molecule has 5 nitrogen and oxygen atoms in total. The zero-order valence-corrected chi connectivity index (χ0v) is 16.0. The number of benzene rings is 1. The molecule has 1 saturated heterocycles. The summed E-state index contributed by atoms with van der Waals surface area (Å²) in [5, 5.41) is 1.22. The fraction of sp³-hybridized carbons (Fsp3) is 0.364. The quantitative estimate of drug-likeness (QED) is 0.716. The Labute approximate surface area is 160 Å². The minimum atomic E-state index is 0.195. The van der Waals surface area contributed by atoms with Gasteiger partial charge in [0, 0.05) is 55.5 Å². The number of hydrogen-bond acceptors (Lipinski definition) is 3. The molecule has 1 aliphatic rings. The summed E-state index contributed by atoms with van der Waals surface area (Å²) in [5.41, 5.74) is 3.43. The number of hydrogen-bond donors (Lipinski definition) is 0. The summed E-state index contributed by atoms with van der Waals surface area (Å²) in [6.45, 7) is 8.02. The van der Waals surface area contributed by atoms with E-state index in [1.807, 2.05) is 35.4 Å². The van der Waals surface area contributed by atoms with Crippen LogP contribution in [0.5, 0.6) is 0 Å². The summed E-state index contributed by atoms with van der Waals surface area (Å²) >= 11 is 0. The normalized spacial score (nSPS) is 18.1. The first-order chi connectivity index (χ1) is 13.1. The lowest BCUT2D eigenvalue weighted by atomic mass is 10.1. The molecule has 140 valence electrons. The molecule has 5 heteroatoms. The first-order valence-electron chi connectivity index (χ1n) is 9.58. The van der Waals surface area contributed by atoms with Gasteiger partial charge in [-0.15, -0.1) is 0 Å². The summed E-state index contributed by atoms with van der Waals surface area (Å²) < 4.78 is 2.08. The van der Waals surface area contributed by atoms with Gasteiger partial charge in [0.15, 0.2) is 0 Å². The molecule has 1 aromatic carbocycles. The second-order valence-electron chi connectivity index (χ2n) is 7.45. The molecule has 0 spiro atoms. The molecule has 0 aliphatic carbocycles. The summed E-state index contributed by atoms with van der Waals surface area (Å²) in [4.78, 5) is 21.8. The highest BCUT2D eigenvalue weighted by Crippen LogP contribution is 2.21. The Bertz CT molecular complexity index is 934. The van der Waals surface area contributed by atoms with Gasteiger partial charge in [-0.1, -0.05) is 24.3 Å². The van der Waals surface area contributed by atoms with E-state index in [0.717, 1.165) is 37.4 Å². The van der Waals surface area contributed by atoms with Crippen molar-refractivity contribution in [3.63, 3.8) is 0 Å². The largest absolute Gasteiger partial charge is 0.338 e. The smallest absolute Gasteiger partial charge is 0.242 e. The van der Waals surface area contributed by atoms with Crippen LogP contribution in [0.25, 0.3) is 10.9 Å². The SMILES string of the molecule is Cc1cn(CC(=O)N2CCN(Cc3ccccn3)CC2C)c2ccccc12. The topological polar surface area (TPSA) is 41.4 Å². The number of rotatable bonds is 4. The molecule has 0 radical (unpaired) electrons. The van der Waals surface area contributed by atoms with Gasteiger partial charge in [0.05, 0.1) is 5.69 Å². The maximum absolute atomic E-state index is 13.0. The third kappa shape index (κ3) is 3.74. The van der Waals surface area contributed by atoms with Gasteiger partial charge in [-0.05, 0) is 37.6 Å². The lowest BCUT2D eigenvalue weighted by Crippen LogP contribution is -2.54. The number of nitrogens with zero attached hydrogens (tertiary/aromatic N) is 4. The van der Waals surface area contributed by atoms with Crippen molar-refractivity contribution in [1.82, 2.24) is 19.4 Å². The van der Waals surface area contributed by atoms with Crippen LogP contribution in [0.4, 0.5) is 0 Å². The zero-order chi connectivity index (χ0) is 18.8. The average Bonchev–Trinajstić information content (AvgIpc) is 2.98. The van der Waals surface area contributed by atoms with Gasteiger partial charge in [0.1, 0.15) is 6.54 Å². The van der Waals surface area contributed by atoms with E-state index in [0.29, 0.717) is 6.54 Å². The minimum absolute atomic E-state index is 0.195. The fourth-order valence-electron chi connectivity index (χ4n) is 4.07. The van der Waals surface area contributed by atoms with E-state index in [4.69, 9.17) is 0 Å². The van der Waals surface area contributed by atoms with Crippen LogP contribution >= 0.6 is 0 Å². The van der Waals surface area contributed by atoms with Crippen molar-refractivity contribution < 1.29 is 4.79 Å². The summed E-state index contributed by atoms with van der Waals surface area (Å²) in [6, 6.07) is 14.5. The minimum Gasteiger partial charge on any atom is -0.338 e. The number of aryl methyl sites for hydroxylation is 1. The van der Waals surface area contributed by atoms with Gasteiger partial charge in [-0.25, -0.2) is 0 Å². The highest BCUT2D eigenvalue weighted by molar-refractivity contribution is 5.86. The van der Waals surface area contributed by atoms with E-state index >= 15 is 0 Å². The molecule has 0 N–H and O–H groups in total. The number of pyridine rings is 1. The molecule has 1 atom stereocenters. The number of fused-ring (bicyclic) bond motifs is 1. The third-order valence-corrected chi connectivity index (χ3v) is 5.44. The number of piperazine rings is 1. The maximum Gasteiger partial charge on any atom is 0.242 e. The molecule has 27 heavy (non-hydrogen) atoms. The van der Waals surface area contributed by atoms with Gasteiger partial charge in [-0.2, -0.15) is 0 Å². The number of amides is 1. The van der Waals surface area contributed by atoms with Gasteiger partial charge in [0.25, 0.3) is 0 Å². The molecule has 0 saturated carbocycles. The Kier molecular flexibility index (Phi) is 4.94. The van der Waals surface area contributed by atoms with Crippen molar-refractivity contribution in [2.45, 2.75) is 33.0 Å². The van der Waals surface area contributed by atoms with E-state index in [9.17, 15) is 4.79 Å². The number of aromatic nitrogens is 2. The highest BCUT2D eigenvalue weighted by Gasteiger charge is 2.27. The highest BCUT2D eigenvalue weighted by atomic mass is 16.2. The molecule has 1 amide bonds. The lowest BCUT2D eigenvalue weighted by Gasteiger charge is -2.40. The van der Waals surface area contributed by atoms with Gasteiger partial charge < -0.3 is 9.47 Å². The van der Waals surface area contributed by atoms with Crippen LogP contribution in [0.3, 0.4) is 0 Å². The molecule has 0 bridgehead atoms. The molecule has 1 unspecified atom stereocenters. The van der Waals surface area contributed by atoms with Crippen LogP contribution in [-0.2, 0) is 17.9 Å². The lowest BCUT2D eigenvalue weighted by molar-refractivity contribution is -0.136. The Hall–Kier alpha value is -2.66. The Morgan fingerprint density at radius 2 is 1.96 bits per heavy atom. The van der Waals surface area contributed by atoms with Crippen molar-refractivity contribution in [3.05, 3.63) is 66.1 Å². The van der Waals surface area contributed by atoms with E-state index in [1.54, 1.807) is 0 Å². The molecule has 2 aromatic heterocycles. The molecular formula is C22H26N4O. The van der Waals surface area contributed by atoms with Crippen LogP contribution < -0.4 is 0 Å². The predicted molar refractivity (Wildman–Crippen MR) is 107 cm³/mol. The van der Waals surface area contributed by atoms with E-state index < -0.39 is 0 Å². The van der Waals surface area contributed by atoms with Crippen LogP contribution in [0.1, 0.15) is 18.2 Å². The first-order valence-corrected chi connectivity index (χ1v) is 9.58. The summed E-state index contributed by atoms with van der Waals surface area (Å²) in [6.07, 6.45) is 3.92. The number of carbonyl (C=O) groups excluding carboxylic acids is 1. The maximum atomic E-state index is 13.0. The average molecular weight is 362 g/mol. The Morgan fingerprint density at radius 3 is 2.74 bits per heavy atom. The molecular weight excluding hydrogens is 336 g/mol. The first kappa shape index (κ1) is 17.7. The molecule has 4 rings (SSSR count). The molecule has 3 heterocycles. The fourth-order valence-corrected chi connectivity index (χ4v) is 4.07. The van der Waals surface area contributed by atoms with Gasteiger partial charge in [0.2, 0.25) is 5.91 Å². The van der Waals surface area contributed by atoms with E-state index in [1.165, 1.54) is 10.9 Å². The summed E-state index contributed by atoms with van der Waals surface area (Å²) in [5.74, 6) is 0.195. The van der Waals surface area contributed by atoms with E-state index in [-0.39, 0.29) is 11.9 Å². The number of carbonyl (C=O) groups is 1. The predicted octanol–water partition coefficient (Wildman–Crippen LogP) is 3.08. The van der Waals surface area contributed by atoms with E-state index in [2.05, 4.69) is 52.7 Å². The van der Waals surface area contributed by atoms with Crippen molar-refractivity contribution in [1.29, 1.82) is 0 Å². The second-order valence-corrected chi connectivity index (χ2v) is 7.45.